The number of allylic oxidation sites excluding steroid dienone is 7. The topological polar surface area (TPSA) is 0 Å². The van der Waals surface area contributed by atoms with E-state index >= 15 is 0 Å². The Morgan fingerprint density at radius 3 is 2.08 bits per heavy atom. The summed E-state index contributed by atoms with van der Waals surface area (Å²) in [6.45, 7) is 13.3. The third-order valence-corrected chi connectivity index (χ3v) is 1.73. The predicted octanol–water partition coefficient (Wildman–Crippen LogP) is 4.20. The lowest BCUT2D eigenvalue weighted by atomic mass is 10.0. The van der Waals surface area contributed by atoms with Crippen LogP contribution in [0, 0.1) is 0 Å². The maximum Gasteiger partial charge on any atom is -0.00294 e. The Labute approximate surface area is 81.7 Å². The summed E-state index contributed by atoms with van der Waals surface area (Å²) in [6, 6.07) is 0. The first kappa shape index (κ1) is 11.7. The monoisotopic (exact) mass is 174 g/mol. The average Bonchev–Trinajstić information content (AvgIpc) is 2.16. The minimum absolute atomic E-state index is 0.896. The van der Waals surface area contributed by atoms with E-state index in [2.05, 4.69) is 32.7 Å². The quantitative estimate of drug-likeness (QED) is 0.529. The smallest absolute Gasteiger partial charge is 0.00294 e. The Balaban J connectivity index is 4.45. The molecule has 0 nitrogen and oxygen atoms in total. The van der Waals surface area contributed by atoms with Crippen molar-refractivity contribution >= 4 is 0 Å². The zero-order chi connectivity index (χ0) is 10.1. The Morgan fingerprint density at radius 1 is 1.08 bits per heavy atom. The summed E-state index contributed by atoms with van der Waals surface area (Å²) in [4.78, 5) is 0. The molecule has 70 valence electrons. The summed E-state index contributed by atoms with van der Waals surface area (Å²) in [5.74, 6) is 0. The summed E-state index contributed by atoms with van der Waals surface area (Å²) >= 11 is 0. The van der Waals surface area contributed by atoms with Gasteiger partial charge in [0.15, 0.2) is 0 Å². The van der Waals surface area contributed by atoms with E-state index in [-0.39, 0.29) is 0 Å². The van der Waals surface area contributed by atoms with E-state index < -0.39 is 0 Å². The van der Waals surface area contributed by atoms with Crippen molar-refractivity contribution in [2.24, 2.45) is 0 Å². The van der Waals surface area contributed by atoms with E-state index in [4.69, 9.17) is 0 Å². The summed E-state index contributed by atoms with van der Waals surface area (Å²) in [5, 5.41) is 0. The molecule has 0 amide bonds. The van der Waals surface area contributed by atoms with Gasteiger partial charge in [0.25, 0.3) is 0 Å². The fourth-order valence-electron chi connectivity index (χ4n) is 1.08. The van der Waals surface area contributed by atoms with Crippen LogP contribution in [-0.2, 0) is 0 Å². The molecule has 0 rings (SSSR count). The molecule has 0 aromatic rings. The molecule has 0 fully saturated rings. The largest absolute Gasteiger partial charge is 0.0991 e. The van der Waals surface area contributed by atoms with Crippen LogP contribution < -0.4 is 0 Å². The maximum absolute atomic E-state index is 3.77. The van der Waals surface area contributed by atoms with Crippen molar-refractivity contribution in [2.75, 3.05) is 0 Å². The highest BCUT2D eigenvalue weighted by atomic mass is 14.0. The van der Waals surface area contributed by atoms with Crippen LogP contribution in [0.25, 0.3) is 0 Å². The summed E-state index contributed by atoms with van der Waals surface area (Å²) in [6.07, 6.45) is 11.6. The second-order valence-electron chi connectivity index (χ2n) is 2.75. The van der Waals surface area contributed by atoms with Gasteiger partial charge >= 0.3 is 0 Å². The Hall–Kier alpha value is -1.30. The minimum atomic E-state index is 0.896. The summed E-state index contributed by atoms with van der Waals surface area (Å²) in [7, 11) is 0. The molecule has 0 heteroatoms. The van der Waals surface area contributed by atoms with Gasteiger partial charge in [-0.25, -0.2) is 0 Å². The van der Waals surface area contributed by atoms with Gasteiger partial charge in [0, 0.05) is 0 Å². The van der Waals surface area contributed by atoms with E-state index in [1.54, 1.807) is 6.08 Å². The van der Waals surface area contributed by atoms with Crippen molar-refractivity contribution in [3.63, 3.8) is 0 Å². The van der Waals surface area contributed by atoms with Crippen LogP contribution >= 0.6 is 0 Å². The highest BCUT2D eigenvalue weighted by Crippen LogP contribution is 2.13. The fourth-order valence-corrected chi connectivity index (χ4v) is 1.08. The molecule has 13 heavy (non-hydrogen) atoms. The molecule has 0 aromatic carbocycles. The van der Waals surface area contributed by atoms with Crippen molar-refractivity contribution in [1.82, 2.24) is 0 Å². The molecule has 0 saturated carbocycles. The normalized spacial score (nSPS) is 12.4. The molecule has 0 unspecified atom stereocenters. The molecule has 0 aromatic heterocycles. The predicted molar refractivity (Wildman–Crippen MR) is 61.7 cm³/mol. The van der Waals surface area contributed by atoms with Crippen molar-refractivity contribution in [3.8, 4) is 0 Å². The second kappa shape index (κ2) is 7.35. The lowest BCUT2D eigenvalue weighted by molar-refractivity contribution is 1.13. The van der Waals surface area contributed by atoms with Crippen LogP contribution in [-0.4, -0.2) is 0 Å². The molecule has 0 aliphatic rings. The summed E-state index contributed by atoms with van der Waals surface area (Å²) in [5.41, 5.74) is 2.42. The summed E-state index contributed by atoms with van der Waals surface area (Å²) < 4.78 is 0. The molecule has 0 aliphatic carbocycles. The highest BCUT2D eigenvalue weighted by Gasteiger charge is 1.93. The molecule has 0 radical (unpaired) electrons. The van der Waals surface area contributed by atoms with Gasteiger partial charge in [-0.1, -0.05) is 57.0 Å². The first-order valence-electron chi connectivity index (χ1n) is 4.54. The fraction of sp³-hybridized carbons (Fsp3) is 0.231. The van der Waals surface area contributed by atoms with Crippen LogP contribution in [0.2, 0.25) is 0 Å². The van der Waals surface area contributed by atoms with E-state index in [1.165, 1.54) is 11.1 Å². The van der Waals surface area contributed by atoms with Gasteiger partial charge in [-0.05, 0) is 24.0 Å². The molecule has 0 aliphatic heterocycles. The van der Waals surface area contributed by atoms with E-state index in [1.807, 2.05) is 18.2 Å². The second-order valence-corrected chi connectivity index (χ2v) is 2.75. The van der Waals surface area contributed by atoms with E-state index in [0.29, 0.717) is 0 Å². The molecular weight excluding hydrogens is 156 g/mol. The lowest BCUT2D eigenvalue weighted by Gasteiger charge is -2.01. The molecule has 0 spiro atoms. The Kier molecular flexibility index (Phi) is 6.62. The lowest BCUT2D eigenvalue weighted by Crippen LogP contribution is -1.82. The number of rotatable bonds is 6. The van der Waals surface area contributed by atoms with E-state index in [0.717, 1.165) is 12.8 Å². The van der Waals surface area contributed by atoms with Gasteiger partial charge in [-0.15, -0.1) is 0 Å². The molecule has 0 N–H and O–H groups in total. The average molecular weight is 174 g/mol. The minimum Gasteiger partial charge on any atom is -0.0991 e. The van der Waals surface area contributed by atoms with Crippen LogP contribution in [0.3, 0.4) is 0 Å². The number of hydrogen-bond acceptors (Lipinski definition) is 0. The standard InChI is InChI=1S/C13H18/c1-5-9-12(7-3)11-13(8-4)10-6-2/h5,7-10H,1,3-4,6,11H2,2H3/b12-9+,13-10+. The molecule has 0 saturated heterocycles. The molecule has 0 atom stereocenters. The van der Waals surface area contributed by atoms with Gasteiger partial charge in [0.2, 0.25) is 0 Å². The first-order chi connectivity index (χ1) is 6.28. The van der Waals surface area contributed by atoms with Crippen molar-refractivity contribution < 1.29 is 0 Å². The van der Waals surface area contributed by atoms with Gasteiger partial charge in [-0.3, -0.25) is 0 Å². The third-order valence-electron chi connectivity index (χ3n) is 1.73. The first-order valence-corrected chi connectivity index (χ1v) is 4.54. The van der Waals surface area contributed by atoms with Crippen LogP contribution in [0.15, 0.2) is 61.3 Å². The molecule has 0 bridgehead atoms. The van der Waals surface area contributed by atoms with Gasteiger partial charge < -0.3 is 0 Å². The van der Waals surface area contributed by atoms with Crippen molar-refractivity contribution in [3.05, 3.63) is 61.3 Å². The van der Waals surface area contributed by atoms with Gasteiger partial charge in [0.1, 0.15) is 0 Å². The van der Waals surface area contributed by atoms with Crippen LogP contribution in [0.4, 0.5) is 0 Å². The van der Waals surface area contributed by atoms with Gasteiger partial charge in [0.05, 0.1) is 0 Å². The highest BCUT2D eigenvalue weighted by molar-refractivity contribution is 5.31. The van der Waals surface area contributed by atoms with Crippen LogP contribution in [0.1, 0.15) is 19.8 Å². The third kappa shape index (κ3) is 5.02. The zero-order valence-electron chi connectivity index (χ0n) is 8.42. The van der Waals surface area contributed by atoms with Crippen LogP contribution in [0.5, 0.6) is 0 Å². The Bertz CT molecular complexity index is 239. The van der Waals surface area contributed by atoms with E-state index in [9.17, 15) is 0 Å². The van der Waals surface area contributed by atoms with Crippen molar-refractivity contribution in [2.45, 2.75) is 19.8 Å². The zero-order valence-corrected chi connectivity index (χ0v) is 8.42. The molecular formula is C13H18. The van der Waals surface area contributed by atoms with Gasteiger partial charge in [-0.2, -0.15) is 0 Å². The van der Waals surface area contributed by atoms with Crippen molar-refractivity contribution in [1.29, 1.82) is 0 Å². The molecule has 0 heterocycles. The Morgan fingerprint density at radius 2 is 1.69 bits per heavy atom. The maximum atomic E-state index is 3.77. The number of hydrogen-bond donors (Lipinski definition) is 0. The SMILES string of the molecule is C=C/C=C(\C=C)C/C(C=C)=C/CC.